The maximum atomic E-state index is 12.8. The van der Waals surface area contributed by atoms with Crippen LogP contribution in [0.5, 0.6) is 0 Å². The maximum Gasteiger partial charge on any atom is 0.255 e. The van der Waals surface area contributed by atoms with E-state index in [9.17, 15) is 4.79 Å². The predicted molar refractivity (Wildman–Crippen MR) is 105 cm³/mol. The molecule has 1 aliphatic rings. The first-order valence-electron chi connectivity index (χ1n) is 9.47. The van der Waals surface area contributed by atoms with Gasteiger partial charge in [-0.1, -0.05) is 0 Å². The number of nitrogens with zero attached hydrogens (tertiary/aromatic N) is 4. The molecule has 0 aromatic carbocycles. The van der Waals surface area contributed by atoms with Gasteiger partial charge in [-0.25, -0.2) is 9.97 Å². The van der Waals surface area contributed by atoms with Crippen molar-refractivity contribution < 1.29 is 9.53 Å². The van der Waals surface area contributed by atoms with E-state index in [4.69, 9.17) is 4.74 Å². The van der Waals surface area contributed by atoms with Gasteiger partial charge in [0.1, 0.15) is 5.82 Å². The van der Waals surface area contributed by atoms with Crippen molar-refractivity contribution in [1.82, 2.24) is 19.4 Å². The highest BCUT2D eigenvalue weighted by atomic mass is 16.5. The fourth-order valence-electron chi connectivity index (χ4n) is 3.27. The molecule has 0 spiro atoms. The summed E-state index contributed by atoms with van der Waals surface area (Å²) in [7, 11) is 1.69. The Balaban J connectivity index is 1.56. The zero-order chi connectivity index (χ0) is 19.3. The minimum Gasteiger partial charge on any atom is -0.377 e. The molecular weight excluding hydrogens is 342 g/mol. The second-order valence-corrected chi connectivity index (χ2v) is 7.77. The summed E-state index contributed by atoms with van der Waals surface area (Å²) in [6, 6.07) is 3.70. The van der Waals surface area contributed by atoms with Crippen LogP contribution >= 0.6 is 0 Å². The zero-order valence-corrected chi connectivity index (χ0v) is 16.4. The second kappa shape index (κ2) is 8.52. The van der Waals surface area contributed by atoms with E-state index in [-0.39, 0.29) is 11.5 Å². The van der Waals surface area contributed by atoms with Crippen LogP contribution in [-0.4, -0.2) is 57.7 Å². The summed E-state index contributed by atoms with van der Waals surface area (Å²) in [5.41, 5.74) is 0.364. The minimum absolute atomic E-state index is 0.0570. The molecule has 2 aromatic heterocycles. The number of hydrogen-bond acceptors (Lipinski definition) is 5. The summed E-state index contributed by atoms with van der Waals surface area (Å²) in [5, 5.41) is 3.24. The van der Waals surface area contributed by atoms with Crippen molar-refractivity contribution in [3.63, 3.8) is 0 Å². The molecule has 146 valence electrons. The lowest BCUT2D eigenvalue weighted by molar-refractivity contribution is 0.0343. The molecule has 1 unspecified atom stereocenters. The van der Waals surface area contributed by atoms with Crippen LogP contribution in [0.4, 0.5) is 5.82 Å². The van der Waals surface area contributed by atoms with Gasteiger partial charge >= 0.3 is 0 Å². The molecule has 7 heteroatoms. The molecule has 1 saturated heterocycles. The average molecular weight is 371 g/mol. The summed E-state index contributed by atoms with van der Waals surface area (Å²) in [6.45, 7) is 7.15. The lowest BCUT2D eigenvalue weighted by atomic mass is 9.97. The number of aromatic nitrogens is 3. The highest BCUT2D eigenvalue weighted by Gasteiger charge is 2.25. The Kier molecular flexibility index (Phi) is 6.11. The number of carbonyl (C=O) groups excluding carboxylic acids is 1. The van der Waals surface area contributed by atoms with Gasteiger partial charge in [0.2, 0.25) is 0 Å². The molecule has 3 heterocycles. The fourth-order valence-corrected chi connectivity index (χ4v) is 3.27. The van der Waals surface area contributed by atoms with Crippen LogP contribution < -0.4 is 5.32 Å². The standard InChI is InChI=1S/C20H29N5O2/c1-20(2,27-3)14-23-18-7-6-17(11-22-18)19(26)25-9-4-5-16(13-25)12-24-10-8-21-15-24/h6-8,10-11,15-16H,4-5,9,12-14H2,1-3H3,(H,22,23). The van der Waals surface area contributed by atoms with E-state index in [0.717, 1.165) is 38.3 Å². The number of hydrogen-bond donors (Lipinski definition) is 1. The molecule has 0 aliphatic carbocycles. The van der Waals surface area contributed by atoms with Gasteiger partial charge in [0.15, 0.2) is 0 Å². The third-order valence-corrected chi connectivity index (χ3v) is 5.09. The van der Waals surface area contributed by atoms with Crippen LogP contribution in [-0.2, 0) is 11.3 Å². The SMILES string of the molecule is COC(C)(C)CNc1ccc(C(=O)N2CCCC(Cn3ccnc3)C2)cn1. The molecule has 1 amide bonds. The third-order valence-electron chi connectivity index (χ3n) is 5.09. The first-order valence-corrected chi connectivity index (χ1v) is 9.47. The quantitative estimate of drug-likeness (QED) is 0.810. The van der Waals surface area contributed by atoms with Gasteiger partial charge < -0.3 is 19.5 Å². The molecule has 2 aromatic rings. The normalized spacial score (nSPS) is 17.7. The van der Waals surface area contributed by atoms with Crippen molar-refractivity contribution in [2.75, 3.05) is 32.1 Å². The maximum absolute atomic E-state index is 12.8. The number of nitrogens with one attached hydrogen (secondary N) is 1. The lowest BCUT2D eigenvalue weighted by Crippen LogP contribution is -2.41. The van der Waals surface area contributed by atoms with E-state index in [1.54, 1.807) is 19.5 Å². The molecule has 0 radical (unpaired) electrons. The highest BCUT2D eigenvalue weighted by Crippen LogP contribution is 2.20. The van der Waals surface area contributed by atoms with Crippen molar-refractivity contribution in [1.29, 1.82) is 0 Å². The van der Waals surface area contributed by atoms with E-state index < -0.39 is 0 Å². The number of carbonyl (C=O) groups is 1. The minimum atomic E-state index is -0.270. The Morgan fingerprint density at radius 2 is 2.26 bits per heavy atom. The molecule has 1 atom stereocenters. The summed E-state index contributed by atoms with van der Waals surface area (Å²) in [4.78, 5) is 23.3. The molecule has 0 saturated carbocycles. The van der Waals surface area contributed by atoms with Crippen molar-refractivity contribution in [2.24, 2.45) is 5.92 Å². The number of rotatable bonds is 7. The van der Waals surface area contributed by atoms with Crippen LogP contribution in [0.25, 0.3) is 0 Å². The molecule has 3 rings (SSSR count). The number of anilines is 1. The van der Waals surface area contributed by atoms with Crippen LogP contribution in [0.1, 0.15) is 37.0 Å². The van der Waals surface area contributed by atoms with Gasteiger partial charge in [-0.2, -0.15) is 0 Å². The van der Waals surface area contributed by atoms with Gasteiger partial charge in [0.25, 0.3) is 5.91 Å². The number of imidazole rings is 1. The Bertz CT molecular complexity index is 727. The summed E-state index contributed by atoms with van der Waals surface area (Å²) < 4.78 is 7.48. The smallest absolute Gasteiger partial charge is 0.255 e. The second-order valence-electron chi connectivity index (χ2n) is 7.77. The number of methoxy groups -OCH3 is 1. The van der Waals surface area contributed by atoms with Crippen molar-refractivity contribution in [3.8, 4) is 0 Å². The monoisotopic (exact) mass is 371 g/mol. The van der Waals surface area contributed by atoms with Crippen LogP contribution in [0.15, 0.2) is 37.1 Å². The molecule has 1 fully saturated rings. The summed E-state index contributed by atoms with van der Waals surface area (Å²) in [5.74, 6) is 1.26. The van der Waals surface area contributed by atoms with Gasteiger partial charge in [0.05, 0.1) is 17.5 Å². The van der Waals surface area contributed by atoms with E-state index in [0.29, 0.717) is 18.0 Å². The molecule has 1 aliphatic heterocycles. The number of likely N-dealkylation sites (tertiary alicyclic amines) is 1. The average Bonchev–Trinajstić information content (AvgIpc) is 3.19. The van der Waals surface area contributed by atoms with Crippen molar-refractivity contribution >= 4 is 11.7 Å². The van der Waals surface area contributed by atoms with Gasteiger partial charge in [-0.15, -0.1) is 0 Å². The molecule has 0 bridgehead atoms. The van der Waals surface area contributed by atoms with Gasteiger partial charge in [-0.3, -0.25) is 4.79 Å². The van der Waals surface area contributed by atoms with Crippen molar-refractivity contribution in [3.05, 3.63) is 42.6 Å². The number of ether oxygens (including phenoxy) is 1. The fraction of sp³-hybridized carbons (Fsp3) is 0.550. The zero-order valence-electron chi connectivity index (χ0n) is 16.4. The molecule has 27 heavy (non-hydrogen) atoms. The summed E-state index contributed by atoms with van der Waals surface area (Å²) in [6.07, 6.45) is 9.43. The van der Waals surface area contributed by atoms with Gasteiger partial charge in [-0.05, 0) is 44.7 Å². The molecular formula is C20H29N5O2. The Morgan fingerprint density at radius 3 is 2.93 bits per heavy atom. The van der Waals surface area contributed by atoms with Crippen molar-refractivity contribution in [2.45, 2.75) is 38.8 Å². The van der Waals surface area contributed by atoms with E-state index in [1.807, 2.05) is 43.4 Å². The highest BCUT2D eigenvalue weighted by molar-refractivity contribution is 5.94. The molecule has 1 N–H and O–H groups in total. The molecule has 7 nitrogen and oxygen atoms in total. The lowest BCUT2D eigenvalue weighted by Gasteiger charge is -2.33. The first-order chi connectivity index (χ1) is 13.0. The first kappa shape index (κ1) is 19.4. The van der Waals surface area contributed by atoms with Crippen LogP contribution in [0.3, 0.4) is 0 Å². The largest absolute Gasteiger partial charge is 0.377 e. The Morgan fingerprint density at radius 1 is 1.41 bits per heavy atom. The van der Waals surface area contributed by atoms with E-state index in [2.05, 4.69) is 19.9 Å². The van der Waals surface area contributed by atoms with Crippen LogP contribution in [0.2, 0.25) is 0 Å². The van der Waals surface area contributed by atoms with E-state index >= 15 is 0 Å². The van der Waals surface area contributed by atoms with Gasteiger partial charge in [0, 0.05) is 51.9 Å². The topological polar surface area (TPSA) is 72.3 Å². The van der Waals surface area contributed by atoms with E-state index in [1.165, 1.54) is 0 Å². The van der Waals surface area contributed by atoms with Crippen LogP contribution in [0, 0.1) is 5.92 Å². The third kappa shape index (κ3) is 5.29. The summed E-state index contributed by atoms with van der Waals surface area (Å²) >= 11 is 0. The Hall–Kier alpha value is -2.41. The number of amides is 1. The predicted octanol–water partition coefficient (Wildman–Crippen LogP) is 2.67. The number of pyridine rings is 1. The Labute approximate surface area is 160 Å². The number of piperidine rings is 1.